The summed E-state index contributed by atoms with van der Waals surface area (Å²) >= 11 is 0. The van der Waals surface area contributed by atoms with Crippen molar-refractivity contribution in [3.63, 3.8) is 0 Å². The molecule has 0 amide bonds. The maximum absolute atomic E-state index is 12.0. The Labute approximate surface area is 184 Å². The Morgan fingerprint density at radius 1 is 1.00 bits per heavy atom. The molecule has 2 saturated heterocycles. The summed E-state index contributed by atoms with van der Waals surface area (Å²) in [5, 5.41) is 69.7. The number of hydrogen-bond donors (Lipinski definition) is 9. The van der Waals surface area contributed by atoms with Gasteiger partial charge in [0.15, 0.2) is 6.29 Å². The third-order valence-electron chi connectivity index (χ3n) is 5.55. The van der Waals surface area contributed by atoms with Crippen molar-refractivity contribution in [1.82, 2.24) is 0 Å². The molecule has 2 heterocycles. The summed E-state index contributed by atoms with van der Waals surface area (Å²) in [6.45, 7) is -1.81. The number of aliphatic hydroxyl groups is 7. The standard InChI is InChI=1S/C18H34N2O12/c19-4-2-1-3-8(20)16(28)29-6-10-11(23)13(25)14(26)17(30-10)32-18(7-22)15(27)12(24)9(5-21)31-18/h8-15,17,21-27H,1-7,19-20H2/t8-,9+,10+,11+,12+,13-,14+,15-,17+,18-/m0/s1. The Bertz CT molecular complexity index is 600. The monoisotopic (exact) mass is 470 g/mol. The Hall–Kier alpha value is -1.01. The molecular weight excluding hydrogens is 436 g/mol. The molecule has 0 unspecified atom stereocenters. The van der Waals surface area contributed by atoms with E-state index in [2.05, 4.69) is 0 Å². The van der Waals surface area contributed by atoms with Gasteiger partial charge in [-0.3, -0.25) is 4.79 Å². The van der Waals surface area contributed by atoms with Gasteiger partial charge >= 0.3 is 5.97 Å². The van der Waals surface area contributed by atoms with Crippen LogP contribution >= 0.6 is 0 Å². The predicted octanol–water partition coefficient (Wildman–Crippen LogP) is -5.39. The van der Waals surface area contributed by atoms with Crippen molar-refractivity contribution < 1.29 is 59.5 Å². The zero-order valence-electron chi connectivity index (χ0n) is 17.5. The maximum Gasteiger partial charge on any atom is 0.323 e. The fourth-order valence-electron chi connectivity index (χ4n) is 3.52. The number of carbonyl (C=O) groups excluding carboxylic acids is 1. The largest absolute Gasteiger partial charge is 0.462 e. The van der Waals surface area contributed by atoms with Gasteiger partial charge in [0, 0.05) is 0 Å². The lowest BCUT2D eigenvalue weighted by atomic mass is 9.99. The Kier molecular flexibility index (Phi) is 10.1. The van der Waals surface area contributed by atoms with E-state index in [1.165, 1.54) is 0 Å². The second-order valence-corrected chi connectivity index (χ2v) is 7.90. The second-order valence-electron chi connectivity index (χ2n) is 7.90. The molecule has 2 aliphatic heterocycles. The number of esters is 1. The molecule has 0 bridgehead atoms. The lowest BCUT2D eigenvalue weighted by molar-refractivity contribution is -0.383. The molecule has 14 nitrogen and oxygen atoms in total. The first-order valence-corrected chi connectivity index (χ1v) is 10.4. The summed E-state index contributed by atoms with van der Waals surface area (Å²) in [5.74, 6) is -3.07. The molecule has 0 radical (unpaired) electrons. The SMILES string of the molecule is NCCCC[C@H](N)C(=O)OC[C@H]1O[C@H](O[C@]2(CO)O[C@H](CO)[C@@H](O)[C@@H]2O)[C@H](O)[C@@H](O)[C@@H]1O. The minimum Gasteiger partial charge on any atom is -0.462 e. The van der Waals surface area contributed by atoms with Gasteiger partial charge in [0.25, 0.3) is 0 Å². The quantitative estimate of drug-likeness (QED) is 0.101. The molecule has 0 spiro atoms. The highest BCUT2D eigenvalue weighted by molar-refractivity contribution is 5.75. The minimum absolute atomic E-state index is 0.333. The first-order chi connectivity index (χ1) is 15.1. The van der Waals surface area contributed by atoms with Crippen LogP contribution in [-0.2, 0) is 23.7 Å². The molecule has 2 fully saturated rings. The van der Waals surface area contributed by atoms with Crippen LogP contribution in [-0.4, -0.2) is 129 Å². The zero-order valence-corrected chi connectivity index (χ0v) is 17.5. The van der Waals surface area contributed by atoms with Crippen LogP contribution in [0.2, 0.25) is 0 Å². The highest BCUT2D eigenvalue weighted by atomic mass is 16.8. The molecule has 0 saturated carbocycles. The third-order valence-corrected chi connectivity index (χ3v) is 5.55. The Morgan fingerprint density at radius 2 is 1.69 bits per heavy atom. The second kappa shape index (κ2) is 11.9. The normalized spacial score (nSPS) is 40.9. The van der Waals surface area contributed by atoms with E-state index in [-0.39, 0.29) is 0 Å². The van der Waals surface area contributed by atoms with Gasteiger partial charge in [-0.2, -0.15) is 0 Å². The first kappa shape index (κ1) is 27.2. The highest BCUT2D eigenvalue weighted by Gasteiger charge is 2.58. The van der Waals surface area contributed by atoms with E-state index in [1.807, 2.05) is 0 Å². The van der Waals surface area contributed by atoms with Gasteiger partial charge in [0.05, 0.1) is 6.61 Å². The fraction of sp³-hybridized carbons (Fsp3) is 0.944. The van der Waals surface area contributed by atoms with Crippen molar-refractivity contribution >= 4 is 5.97 Å². The fourth-order valence-corrected chi connectivity index (χ4v) is 3.52. The molecule has 11 N–H and O–H groups in total. The topological polar surface area (TPSA) is 248 Å². The van der Waals surface area contributed by atoms with E-state index in [0.29, 0.717) is 25.8 Å². The summed E-state index contributed by atoms with van der Waals surface area (Å²) in [5.41, 5.74) is 11.1. The van der Waals surface area contributed by atoms with Crippen LogP contribution in [0.5, 0.6) is 0 Å². The number of hydrogen-bond acceptors (Lipinski definition) is 14. The lowest BCUT2D eigenvalue weighted by Gasteiger charge is -2.43. The van der Waals surface area contributed by atoms with Crippen LogP contribution in [0.1, 0.15) is 19.3 Å². The van der Waals surface area contributed by atoms with E-state index < -0.39 is 86.6 Å². The summed E-state index contributed by atoms with van der Waals surface area (Å²) in [4.78, 5) is 12.0. The number of ether oxygens (including phenoxy) is 4. The van der Waals surface area contributed by atoms with Crippen molar-refractivity contribution in [2.24, 2.45) is 11.5 Å². The molecule has 10 atom stereocenters. The van der Waals surface area contributed by atoms with Gasteiger partial charge in [-0.25, -0.2) is 0 Å². The Morgan fingerprint density at radius 3 is 2.25 bits per heavy atom. The summed E-state index contributed by atoms with van der Waals surface area (Å²) in [7, 11) is 0. The summed E-state index contributed by atoms with van der Waals surface area (Å²) in [6.07, 6.45) is -11.6. The van der Waals surface area contributed by atoms with E-state index in [1.54, 1.807) is 0 Å². The molecule has 0 aliphatic carbocycles. The van der Waals surface area contributed by atoms with Crippen molar-refractivity contribution in [3.05, 3.63) is 0 Å². The van der Waals surface area contributed by atoms with E-state index >= 15 is 0 Å². The summed E-state index contributed by atoms with van der Waals surface area (Å²) in [6, 6.07) is -0.929. The summed E-state index contributed by atoms with van der Waals surface area (Å²) < 4.78 is 21.0. The van der Waals surface area contributed by atoms with Crippen LogP contribution in [0.4, 0.5) is 0 Å². The maximum atomic E-state index is 12.0. The predicted molar refractivity (Wildman–Crippen MR) is 103 cm³/mol. The molecule has 32 heavy (non-hydrogen) atoms. The molecule has 0 aromatic heterocycles. The smallest absolute Gasteiger partial charge is 0.323 e. The zero-order chi connectivity index (χ0) is 24.1. The molecular formula is C18H34N2O12. The van der Waals surface area contributed by atoms with E-state index in [9.17, 15) is 40.5 Å². The van der Waals surface area contributed by atoms with Crippen molar-refractivity contribution in [1.29, 1.82) is 0 Å². The number of carbonyl (C=O) groups is 1. The molecule has 0 aromatic carbocycles. The molecule has 0 aromatic rings. The average Bonchev–Trinajstić information content (AvgIpc) is 3.03. The van der Waals surface area contributed by atoms with Crippen LogP contribution in [0.25, 0.3) is 0 Å². The van der Waals surface area contributed by atoms with Gasteiger partial charge in [-0.15, -0.1) is 0 Å². The molecule has 2 aliphatic rings. The van der Waals surface area contributed by atoms with Crippen LogP contribution in [0, 0.1) is 0 Å². The first-order valence-electron chi connectivity index (χ1n) is 10.4. The minimum atomic E-state index is -2.30. The van der Waals surface area contributed by atoms with Crippen molar-refractivity contribution in [2.75, 3.05) is 26.4 Å². The van der Waals surface area contributed by atoms with Gasteiger partial charge in [0.1, 0.15) is 62.0 Å². The van der Waals surface area contributed by atoms with Gasteiger partial charge in [-0.05, 0) is 19.4 Å². The molecule has 14 heteroatoms. The number of rotatable bonds is 11. The van der Waals surface area contributed by atoms with Crippen LogP contribution < -0.4 is 11.5 Å². The van der Waals surface area contributed by atoms with Crippen LogP contribution in [0.3, 0.4) is 0 Å². The molecule has 2 rings (SSSR count). The van der Waals surface area contributed by atoms with E-state index in [4.69, 9.17) is 30.4 Å². The van der Waals surface area contributed by atoms with Crippen molar-refractivity contribution in [2.45, 2.75) is 80.1 Å². The van der Waals surface area contributed by atoms with Gasteiger partial charge < -0.3 is 66.2 Å². The molecule has 188 valence electrons. The highest BCUT2D eigenvalue weighted by Crippen LogP contribution is 2.36. The number of aliphatic hydroxyl groups excluding tert-OH is 7. The number of nitrogens with two attached hydrogens (primary N) is 2. The average molecular weight is 470 g/mol. The van der Waals surface area contributed by atoms with Crippen molar-refractivity contribution in [3.8, 4) is 0 Å². The third kappa shape index (κ3) is 5.91. The lowest BCUT2D eigenvalue weighted by Crippen LogP contribution is -2.63. The van der Waals surface area contributed by atoms with Crippen LogP contribution in [0.15, 0.2) is 0 Å². The van der Waals surface area contributed by atoms with Gasteiger partial charge in [-0.1, -0.05) is 6.42 Å². The van der Waals surface area contributed by atoms with Gasteiger partial charge in [0.2, 0.25) is 5.79 Å². The number of unbranched alkanes of at least 4 members (excludes halogenated alkanes) is 1. The van der Waals surface area contributed by atoms with E-state index in [0.717, 1.165) is 0 Å². The Balaban J connectivity index is 2.03.